The lowest BCUT2D eigenvalue weighted by Gasteiger charge is -2.47. The van der Waals surface area contributed by atoms with Crippen molar-refractivity contribution in [1.82, 2.24) is 0 Å². The summed E-state index contributed by atoms with van der Waals surface area (Å²) in [5, 5.41) is 32.5. The highest BCUT2D eigenvalue weighted by Crippen LogP contribution is 2.57. The fraction of sp³-hybridized carbons (Fsp3) is 0.552. The number of phenolic OH excluding ortho intramolecular Hbond substituents is 1. The fourth-order valence-corrected chi connectivity index (χ4v) is 6.74. The monoisotopic (exact) mass is 588 g/mol. The number of benzene rings is 2. The van der Waals surface area contributed by atoms with Crippen LogP contribution >= 0.6 is 0 Å². The van der Waals surface area contributed by atoms with Crippen molar-refractivity contribution in [2.24, 2.45) is 11.8 Å². The number of ether oxygens (including phenoxy) is 9. The molecule has 0 spiro atoms. The third-order valence-corrected chi connectivity index (χ3v) is 8.75. The van der Waals surface area contributed by atoms with Gasteiger partial charge in [-0.05, 0) is 47.9 Å². The van der Waals surface area contributed by atoms with Gasteiger partial charge in [-0.25, -0.2) is 0 Å². The van der Waals surface area contributed by atoms with E-state index in [0.29, 0.717) is 28.2 Å². The van der Waals surface area contributed by atoms with Crippen molar-refractivity contribution >= 4 is 5.97 Å². The molecule has 10 atom stereocenters. The maximum absolute atomic E-state index is 13.4. The first-order chi connectivity index (χ1) is 20.3. The second-order valence-corrected chi connectivity index (χ2v) is 11.0. The first-order valence-electron chi connectivity index (χ1n) is 13.8. The fourth-order valence-electron chi connectivity index (χ4n) is 6.74. The van der Waals surface area contributed by atoms with Gasteiger partial charge in [0.15, 0.2) is 35.6 Å². The molecule has 0 amide bonds. The Morgan fingerprint density at radius 1 is 0.881 bits per heavy atom. The zero-order valence-corrected chi connectivity index (χ0v) is 23.1. The van der Waals surface area contributed by atoms with Gasteiger partial charge in [0.1, 0.15) is 24.4 Å². The second-order valence-electron chi connectivity index (χ2n) is 11.0. The lowest BCUT2D eigenvalue weighted by atomic mass is 9.66. The Hall–Kier alpha value is -3.33. The van der Waals surface area contributed by atoms with Crippen molar-refractivity contribution in [2.45, 2.75) is 55.9 Å². The van der Waals surface area contributed by atoms with E-state index in [1.807, 2.05) is 0 Å². The minimum absolute atomic E-state index is 0.0301. The van der Waals surface area contributed by atoms with Gasteiger partial charge in [0.05, 0.1) is 39.5 Å². The summed E-state index contributed by atoms with van der Waals surface area (Å²) in [5.74, 6) is -1.02. The number of carbonyl (C=O) groups excluding carboxylic acids is 1. The third-order valence-electron chi connectivity index (χ3n) is 8.75. The van der Waals surface area contributed by atoms with E-state index in [1.54, 1.807) is 31.2 Å². The third kappa shape index (κ3) is 4.26. The minimum Gasteiger partial charge on any atom is -0.502 e. The Balaban J connectivity index is 1.32. The van der Waals surface area contributed by atoms with E-state index in [4.69, 9.17) is 42.6 Å². The van der Waals surface area contributed by atoms with Crippen LogP contribution in [0.1, 0.15) is 35.6 Å². The van der Waals surface area contributed by atoms with Crippen molar-refractivity contribution in [3.8, 4) is 28.7 Å². The molecule has 4 aliphatic heterocycles. The maximum Gasteiger partial charge on any atom is 0.310 e. The number of methoxy groups -OCH3 is 2. The summed E-state index contributed by atoms with van der Waals surface area (Å²) in [4.78, 5) is 13.4. The normalized spacial score (nSPS) is 36.5. The molecule has 3 saturated heterocycles. The van der Waals surface area contributed by atoms with Gasteiger partial charge in [-0.3, -0.25) is 4.79 Å². The van der Waals surface area contributed by atoms with E-state index in [1.165, 1.54) is 14.2 Å². The number of cyclic esters (lactones) is 1. The number of aromatic hydroxyl groups is 1. The van der Waals surface area contributed by atoms with Crippen LogP contribution in [0.2, 0.25) is 0 Å². The van der Waals surface area contributed by atoms with E-state index >= 15 is 0 Å². The summed E-state index contributed by atoms with van der Waals surface area (Å²) in [6, 6.07) is 6.93. The van der Waals surface area contributed by atoms with Crippen molar-refractivity contribution in [3.05, 3.63) is 41.0 Å². The Morgan fingerprint density at radius 3 is 2.26 bits per heavy atom. The molecule has 0 aromatic heterocycles. The van der Waals surface area contributed by atoms with Crippen LogP contribution in [0.15, 0.2) is 24.3 Å². The Morgan fingerprint density at radius 2 is 1.57 bits per heavy atom. The molecule has 0 bridgehead atoms. The highest BCUT2D eigenvalue weighted by atomic mass is 16.8. The minimum atomic E-state index is -1.44. The van der Waals surface area contributed by atoms with Crippen LogP contribution in [0, 0.1) is 11.8 Å². The van der Waals surface area contributed by atoms with E-state index in [2.05, 4.69) is 0 Å². The molecule has 3 N–H and O–H groups in total. The number of carbonyl (C=O) groups is 1. The van der Waals surface area contributed by atoms with Crippen LogP contribution in [-0.2, 0) is 28.5 Å². The summed E-state index contributed by atoms with van der Waals surface area (Å²) < 4.78 is 51.5. The lowest BCUT2D eigenvalue weighted by Crippen LogP contribution is -2.63. The summed E-state index contributed by atoms with van der Waals surface area (Å²) in [5.41, 5.74) is 2.01. The van der Waals surface area contributed by atoms with Crippen LogP contribution in [0.3, 0.4) is 0 Å². The van der Waals surface area contributed by atoms with Crippen LogP contribution in [0.4, 0.5) is 0 Å². The van der Waals surface area contributed by atoms with Gasteiger partial charge in [-0.2, -0.15) is 0 Å². The second kappa shape index (κ2) is 10.4. The van der Waals surface area contributed by atoms with E-state index in [-0.39, 0.29) is 37.3 Å². The average Bonchev–Trinajstić information content (AvgIpc) is 3.61. The first kappa shape index (κ1) is 27.5. The zero-order chi connectivity index (χ0) is 29.3. The van der Waals surface area contributed by atoms with Gasteiger partial charge in [-0.1, -0.05) is 0 Å². The molecule has 7 rings (SSSR count). The summed E-state index contributed by atoms with van der Waals surface area (Å²) in [7, 11) is 2.86. The Kier molecular flexibility index (Phi) is 6.83. The molecule has 13 nitrogen and oxygen atoms in total. The number of aliphatic hydroxyl groups excluding tert-OH is 2. The predicted octanol–water partition coefficient (Wildman–Crippen LogP) is 1.34. The van der Waals surface area contributed by atoms with Crippen molar-refractivity contribution in [1.29, 1.82) is 0 Å². The van der Waals surface area contributed by atoms with Crippen LogP contribution < -0.4 is 18.9 Å². The molecule has 0 unspecified atom stereocenters. The molecule has 0 radical (unpaired) electrons. The predicted molar refractivity (Wildman–Crippen MR) is 138 cm³/mol. The van der Waals surface area contributed by atoms with Gasteiger partial charge in [0.2, 0.25) is 12.5 Å². The largest absolute Gasteiger partial charge is 0.502 e. The topological polar surface area (TPSA) is 161 Å². The number of hydrogen-bond donors (Lipinski definition) is 3. The van der Waals surface area contributed by atoms with Gasteiger partial charge >= 0.3 is 5.97 Å². The van der Waals surface area contributed by atoms with Gasteiger partial charge < -0.3 is 58.0 Å². The standard InChI is InChI=1S/C29H32O13/c1-11-36-9-20-27(40-11)24(31)25(32)29(41-20)42-26-14-7-17-16(38-10-39-17)6-13(14)21(22-15(26)8-37-28(22)33)12-4-18(34-2)23(30)19(5-12)35-3/h4-7,11,15,20-22,24-27,29-32H,8-10H2,1-3H3/t11-,15-,20-,21-,22+,24-,25-,26-,27-,29+/m1/s1. The number of esters is 1. The molecule has 42 heavy (non-hydrogen) atoms. The number of aliphatic hydroxyl groups is 2. The highest BCUT2D eigenvalue weighted by Gasteiger charge is 2.56. The molecule has 13 heteroatoms. The molecule has 226 valence electrons. The van der Waals surface area contributed by atoms with Crippen molar-refractivity contribution < 1.29 is 62.7 Å². The molecular weight excluding hydrogens is 556 g/mol. The van der Waals surface area contributed by atoms with E-state index < -0.39 is 66.8 Å². The molecule has 5 aliphatic rings. The zero-order valence-electron chi connectivity index (χ0n) is 23.1. The van der Waals surface area contributed by atoms with Gasteiger partial charge in [-0.15, -0.1) is 0 Å². The lowest BCUT2D eigenvalue weighted by molar-refractivity contribution is -0.364. The molecule has 2 aromatic rings. The van der Waals surface area contributed by atoms with Crippen LogP contribution in [0.5, 0.6) is 28.7 Å². The first-order valence-corrected chi connectivity index (χ1v) is 13.8. The number of hydrogen-bond acceptors (Lipinski definition) is 13. The Bertz CT molecular complexity index is 1350. The quantitative estimate of drug-likeness (QED) is 0.430. The molecular formula is C29H32O13. The Labute approximate surface area is 240 Å². The number of fused-ring (bicyclic) bond motifs is 4. The van der Waals surface area contributed by atoms with E-state index in [9.17, 15) is 20.1 Å². The van der Waals surface area contributed by atoms with E-state index in [0.717, 1.165) is 0 Å². The van der Waals surface area contributed by atoms with Gasteiger partial charge in [0, 0.05) is 11.8 Å². The SMILES string of the molecule is COc1cc([C@@H]2c3cc4c(cc3[C@@H](O[C@@H]3O[C@@H]5CO[C@@H](C)O[C@H]5[C@H](O)[C@H]3O)[C@@H]3COC(=O)[C@H]23)OCO4)cc(OC)c1O. The van der Waals surface area contributed by atoms with Crippen LogP contribution in [0.25, 0.3) is 0 Å². The average molecular weight is 589 g/mol. The van der Waals surface area contributed by atoms with Crippen molar-refractivity contribution in [3.63, 3.8) is 0 Å². The molecule has 1 aliphatic carbocycles. The molecule has 3 fully saturated rings. The number of rotatable bonds is 5. The molecule has 2 aromatic carbocycles. The maximum atomic E-state index is 13.4. The highest BCUT2D eigenvalue weighted by molar-refractivity contribution is 5.79. The van der Waals surface area contributed by atoms with Crippen molar-refractivity contribution in [2.75, 3.05) is 34.2 Å². The number of phenols is 1. The molecule has 0 saturated carbocycles. The van der Waals surface area contributed by atoms with Gasteiger partial charge in [0.25, 0.3) is 0 Å². The summed E-state index contributed by atoms with van der Waals surface area (Å²) >= 11 is 0. The summed E-state index contributed by atoms with van der Waals surface area (Å²) in [6.45, 7) is 1.93. The van der Waals surface area contributed by atoms with Crippen LogP contribution in [-0.4, -0.2) is 92.5 Å². The molecule has 4 heterocycles. The summed E-state index contributed by atoms with van der Waals surface area (Å²) in [6.07, 6.45) is -6.80. The smallest absolute Gasteiger partial charge is 0.310 e.